The van der Waals surface area contributed by atoms with E-state index in [1.54, 1.807) is 0 Å². The minimum atomic E-state index is 0.0533. The van der Waals surface area contributed by atoms with Gasteiger partial charge in [0.25, 0.3) is 6.71 Å². The van der Waals surface area contributed by atoms with Crippen molar-refractivity contribution in [2.75, 3.05) is 9.80 Å². The summed E-state index contributed by atoms with van der Waals surface area (Å²) in [6.07, 6.45) is 6.21. The number of hydrogen-bond donors (Lipinski definition) is 0. The summed E-state index contributed by atoms with van der Waals surface area (Å²) in [7, 11) is 0. The lowest BCUT2D eigenvalue weighted by Crippen LogP contribution is -2.61. The lowest BCUT2D eigenvalue weighted by molar-refractivity contribution is 0.314. The number of hydrogen-bond acceptors (Lipinski definition) is 4. The molecule has 5 heteroatoms. The van der Waals surface area contributed by atoms with E-state index >= 15 is 0 Å². The highest BCUT2D eigenvalue weighted by molar-refractivity contribution is 7.28. The average Bonchev–Trinajstić information content (AvgIpc) is 3.72. The van der Waals surface area contributed by atoms with E-state index in [1.807, 2.05) is 11.3 Å². The van der Waals surface area contributed by atoms with Gasteiger partial charge in [0.2, 0.25) is 0 Å². The first-order chi connectivity index (χ1) is 26.6. The minimum absolute atomic E-state index is 0.0533. The summed E-state index contributed by atoms with van der Waals surface area (Å²) in [5.74, 6) is 0.454. The van der Waals surface area contributed by atoms with Crippen LogP contribution >= 0.6 is 11.3 Å². The Morgan fingerprint density at radius 3 is 1.86 bits per heavy atom. The Kier molecular flexibility index (Phi) is 7.59. The Bertz CT molecular complexity index is 2860. The van der Waals surface area contributed by atoms with Gasteiger partial charge in [-0.25, -0.2) is 0 Å². The summed E-state index contributed by atoms with van der Waals surface area (Å²) in [4.78, 5) is 5.17. The first kappa shape index (κ1) is 35.4. The van der Waals surface area contributed by atoms with Crippen LogP contribution in [0.25, 0.3) is 34.1 Å². The highest BCUT2D eigenvalue weighted by atomic mass is 32.1. The van der Waals surface area contributed by atoms with Crippen molar-refractivity contribution in [3.8, 4) is 0 Å². The topological polar surface area (TPSA) is 19.6 Å². The van der Waals surface area contributed by atoms with Gasteiger partial charge in [0.15, 0.2) is 0 Å². The molecule has 1 aliphatic carbocycles. The van der Waals surface area contributed by atoms with Crippen molar-refractivity contribution in [1.82, 2.24) is 0 Å². The molecule has 3 nitrogen and oxygen atoms in total. The molecule has 10 rings (SSSR count). The Labute approximate surface area is 336 Å². The number of fused-ring (bicyclic) bond motifs is 10. The second-order valence-electron chi connectivity index (χ2n) is 19.6. The molecule has 0 fully saturated rings. The molecule has 2 aromatic heterocycles. The highest BCUT2D eigenvalue weighted by Crippen LogP contribution is 2.48. The number of furan rings is 1. The number of aryl methyl sites for hydroxylation is 1. The summed E-state index contributed by atoms with van der Waals surface area (Å²) in [5, 5.41) is 3.73. The number of benzene rings is 5. The zero-order valence-corrected chi connectivity index (χ0v) is 35.3. The fourth-order valence-corrected chi connectivity index (χ4v) is 10.8. The monoisotopic (exact) mass is 750 g/mol. The van der Waals surface area contributed by atoms with Gasteiger partial charge >= 0.3 is 0 Å². The van der Waals surface area contributed by atoms with Crippen molar-refractivity contribution < 1.29 is 4.42 Å². The van der Waals surface area contributed by atoms with Crippen LogP contribution in [0.15, 0.2) is 101 Å². The van der Waals surface area contributed by atoms with Crippen molar-refractivity contribution in [2.45, 2.75) is 86.5 Å². The van der Waals surface area contributed by atoms with Crippen LogP contribution in [0.5, 0.6) is 0 Å². The summed E-state index contributed by atoms with van der Waals surface area (Å²) >= 11 is 2.01. The maximum absolute atomic E-state index is 6.63. The molecule has 56 heavy (non-hydrogen) atoms. The molecule has 5 aromatic carbocycles. The van der Waals surface area contributed by atoms with Gasteiger partial charge in [0.1, 0.15) is 11.2 Å². The molecule has 280 valence electrons. The zero-order chi connectivity index (χ0) is 39.1. The Balaban J connectivity index is 1.33. The molecule has 1 atom stereocenters. The first-order valence-electron chi connectivity index (χ1n) is 20.3. The van der Waals surface area contributed by atoms with E-state index in [0.29, 0.717) is 5.92 Å². The average molecular weight is 751 g/mol. The van der Waals surface area contributed by atoms with Gasteiger partial charge in [-0.1, -0.05) is 123 Å². The van der Waals surface area contributed by atoms with E-state index in [4.69, 9.17) is 4.42 Å². The normalized spacial score (nSPS) is 16.3. The van der Waals surface area contributed by atoms with Crippen LogP contribution in [0, 0.1) is 18.3 Å². The lowest BCUT2D eigenvalue weighted by atomic mass is 9.36. The second kappa shape index (κ2) is 12.0. The van der Waals surface area contributed by atoms with E-state index in [9.17, 15) is 0 Å². The molecule has 3 aliphatic rings. The predicted molar refractivity (Wildman–Crippen MR) is 243 cm³/mol. The molecule has 0 amide bonds. The van der Waals surface area contributed by atoms with Gasteiger partial charge in [0, 0.05) is 42.7 Å². The molecule has 4 heterocycles. The quantitative estimate of drug-likeness (QED) is 0.164. The van der Waals surface area contributed by atoms with E-state index in [2.05, 4.69) is 188 Å². The molecule has 0 saturated heterocycles. The van der Waals surface area contributed by atoms with E-state index in [0.717, 1.165) is 28.7 Å². The van der Waals surface area contributed by atoms with Crippen molar-refractivity contribution >= 4 is 102 Å². The Morgan fingerprint density at radius 2 is 1.27 bits per heavy atom. The predicted octanol–water partition coefficient (Wildman–Crippen LogP) is 11.3. The maximum atomic E-state index is 6.63. The van der Waals surface area contributed by atoms with Crippen LogP contribution in [0.2, 0.25) is 0 Å². The van der Waals surface area contributed by atoms with Crippen molar-refractivity contribution in [2.24, 2.45) is 11.3 Å². The third-order valence-corrected chi connectivity index (χ3v) is 13.9. The smallest absolute Gasteiger partial charge is 0.264 e. The fraction of sp³-hybridized carbons (Fsp3) is 0.294. The van der Waals surface area contributed by atoms with Gasteiger partial charge in [-0.15, -0.1) is 11.3 Å². The fourth-order valence-electron chi connectivity index (χ4n) is 9.46. The van der Waals surface area contributed by atoms with Crippen molar-refractivity contribution in [3.05, 3.63) is 124 Å². The second-order valence-corrected chi connectivity index (χ2v) is 20.6. The summed E-state index contributed by atoms with van der Waals surface area (Å²) in [6.45, 7) is 23.3. The van der Waals surface area contributed by atoms with Crippen LogP contribution in [0.1, 0.15) is 85.4 Å². The van der Waals surface area contributed by atoms with Crippen LogP contribution < -0.4 is 35.3 Å². The van der Waals surface area contributed by atoms with E-state index in [1.165, 1.54) is 76.0 Å². The molecule has 0 N–H and O–H groups in total. The molecule has 7 aromatic rings. The molecule has 2 aliphatic heterocycles. The molecule has 0 bridgehead atoms. The molecule has 0 radical (unpaired) electrons. The van der Waals surface area contributed by atoms with Gasteiger partial charge < -0.3 is 14.2 Å². The number of anilines is 6. The van der Waals surface area contributed by atoms with Crippen LogP contribution in [0.4, 0.5) is 34.1 Å². The molecular weight excluding hydrogens is 699 g/mol. The van der Waals surface area contributed by atoms with Gasteiger partial charge in [-0.05, 0) is 112 Å². The van der Waals surface area contributed by atoms with Crippen molar-refractivity contribution in [1.29, 1.82) is 0 Å². The third-order valence-electron chi connectivity index (χ3n) is 12.6. The summed E-state index contributed by atoms with van der Waals surface area (Å²) in [5.41, 5.74) is 16.2. The Morgan fingerprint density at radius 1 is 0.679 bits per heavy atom. The van der Waals surface area contributed by atoms with Crippen LogP contribution in [-0.4, -0.2) is 6.71 Å². The van der Waals surface area contributed by atoms with E-state index < -0.39 is 0 Å². The summed E-state index contributed by atoms with van der Waals surface area (Å²) < 4.78 is 9.45. The largest absolute Gasteiger partial charge is 0.456 e. The lowest BCUT2D eigenvalue weighted by Gasteiger charge is -2.43. The first-order valence-corrected chi connectivity index (χ1v) is 21.1. The van der Waals surface area contributed by atoms with Crippen LogP contribution in [0.3, 0.4) is 0 Å². The summed E-state index contributed by atoms with van der Waals surface area (Å²) in [6, 6.07) is 36.7. The molecule has 1 unspecified atom stereocenters. The van der Waals surface area contributed by atoms with E-state index in [-0.39, 0.29) is 23.0 Å². The number of thiophene rings is 1. The minimum Gasteiger partial charge on any atom is -0.456 e. The molecular formula is C51H51BN2OS. The number of para-hydroxylation sites is 1. The van der Waals surface area contributed by atoms with Crippen molar-refractivity contribution in [3.63, 3.8) is 0 Å². The Hall–Kier alpha value is -5.00. The van der Waals surface area contributed by atoms with Crippen LogP contribution in [-0.2, 0) is 10.8 Å². The highest BCUT2D eigenvalue weighted by Gasteiger charge is 2.46. The SMILES string of the molecule is Cc1cc2c3c(c1)N(c1ccc(C(C)(C)C)cc1)c1c(ccc4oc5ccccc5c14)B3c1sc3c(c1N2c1ccc(C(C)(C)C)cc1)=CC(C(C)(C)C)CC=3. The van der Waals surface area contributed by atoms with Gasteiger partial charge in [-0.3, -0.25) is 0 Å². The third kappa shape index (κ3) is 5.30. The zero-order valence-electron chi connectivity index (χ0n) is 34.5. The molecule has 0 saturated carbocycles. The number of nitrogens with zero attached hydrogens (tertiary/aromatic N) is 2. The number of rotatable bonds is 2. The van der Waals surface area contributed by atoms with Gasteiger partial charge in [0.05, 0.1) is 16.8 Å². The standard InChI is InChI=1S/C51H51BN2OS/c1-30-27-39-45-40(28-30)54(35-22-17-32(18-23-35)50(5,6)7)47-38(24-25-42-44(47)36-13-11-12-14-41(36)55-42)52(45)48-46(37-29-33(51(8,9)10)19-26-43(37)56-48)53(39)34-20-15-31(16-21-34)49(2,3)4/h11-18,20-29,33H,19H2,1-10H3. The maximum Gasteiger partial charge on any atom is 0.264 e. The van der Waals surface area contributed by atoms with Gasteiger partial charge in [-0.2, -0.15) is 0 Å². The molecule has 0 spiro atoms.